The third-order valence-corrected chi connectivity index (χ3v) is 4.70. The predicted molar refractivity (Wildman–Crippen MR) is 91.4 cm³/mol. The smallest absolute Gasteiger partial charge is 0.303 e. The summed E-state index contributed by atoms with van der Waals surface area (Å²) in [6.45, 7) is 1.22. The van der Waals surface area contributed by atoms with Crippen molar-refractivity contribution in [3.8, 4) is 5.75 Å². The second-order valence-electron chi connectivity index (χ2n) is 6.19. The van der Waals surface area contributed by atoms with E-state index in [0.717, 1.165) is 29.4 Å². The fourth-order valence-electron chi connectivity index (χ4n) is 3.39. The van der Waals surface area contributed by atoms with Gasteiger partial charge in [0.25, 0.3) is 5.91 Å². The highest BCUT2D eigenvalue weighted by Crippen LogP contribution is 2.30. The normalized spacial score (nSPS) is 15.5. The molecule has 0 aliphatic carbocycles. The summed E-state index contributed by atoms with van der Waals surface area (Å²) in [6.07, 6.45) is 1.67. The summed E-state index contributed by atoms with van der Waals surface area (Å²) in [5, 5.41) is 10.7. The Morgan fingerprint density at radius 3 is 2.42 bits per heavy atom. The Hall–Kier alpha value is -2.56. The molecule has 1 fully saturated rings. The lowest BCUT2D eigenvalue weighted by Gasteiger charge is -2.31. The summed E-state index contributed by atoms with van der Waals surface area (Å²) in [6, 6.07) is 11.4. The number of carbonyl (C=O) groups is 2. The molecule has 1 saturated heterocycles. The maximum Gasteiger partial charge on any atom is 0.303 e. The van der Waals surface area contributed by atoms with Crippen LogP contribution in [-0.2, 0) is 4.79 Å². The van der Waals surface area contributed by atoms with Crippen molar-refractivity contribution in [3.05, 3.63) is 42.0 Å². The van der Waals surface area contributed by atoms with Crippen molar-refractivity contribution in [2.45, 2.75) is 19.3 Å². The lowest BCUT2D eigenvalue weighted by Crippen LogP contribution is -2.39. The van der Waals surface area contributed by atoms with Gasteiger partial charge in [-0.15, -0.1) is 0 Å². The van der Waals surface area contributed by atoms with Crippen molar-refractivity contribution in [1.82, 2.24) is 4.90 Å². The number of hydrogen-bond donors (Lipinski definition) is 1. The highest BCUT2D eigenvalue weighted by molar-refractivity contribution is 6.08. The molecule has 1 amide bonds. The zero-order chi connectivity index (χ0) is 17.1. The van der Waals surface area contributed by atoms with Crippen LogP contribution in [0.5, 0.6) is 5.75 Å². The highest BCUT2D eigenvalue weighted by atomic mass is 16.5. The quantitative estimate of drug-likeness (QED) is 0.936. The summed E-state index contributed by atoms with van der Waals surface area (Å²) < 4.78 is 5.38. The number of hydrogen-bond acceptors (Lipinski definition) is 3. The third kappa shape index (κ3) is 3.20. The van der Waals surface area contributed by atoms with Gasteiger partial charge in [0.05, 0.1) is 7.11 Å². The van der Waals surface area contributed by atoms with E-state index in [0.29, 0.717) is 18.7 Å². The monoisotopic (exact) mass is 327 g/mol. The molecule has 2 aromatic rings. The van der Waals surface area contributed by atoms with E-state index in [9.17, 15) is 9.59 Å². The van der Waals surface area contributed by atoms with Gasteiger partial charge in [0.1, 0.15) is 5.75 Å². The molecule has 1 aliphatic heterocycles. The van der Waals surface area contributed by atoms with E-state index in [1.54, 1.807) is 7.11 Å². The highest BCUT2D eigenvalue weighted by Gasteiger charge is 2.26. The van der Waals surface area contributed by atoms with Crippen LogP contribution < -0.4 is 4.74 Å². The molecule has 0 unspecified atom stereocenters. The van der Waals surface area contributed by atoms with Gasteiger partial charge in [-0.25, -0.2) is 0 Å². The van der Waals surface area contributed by atoms with Gasteiger partial charge in [-0.05, 0) is 36.3 Å². The number of aliphatic carboxylic acids is 1. The maximum absolute atomic E-state index is 12.9. The largest absolute Gasteiger partial charge is 0.496 e. The minimum atomic E-state index is -0.763. The minimum absolute atomic E-state index is 0.00243. The number of likely N-dealkylation sites (tertiary alicyclic amines) is 1. The summed E-state index contributed by atoms with van der Waals surface area (Å²) >= 11 is 0. The van der Waals surface area contributed by atoms with Crippen LogP contribution in [0.4, 0.5) is 0 Å². The minimum Gasteiger partial charge on any atom is -0.496 e. The Kier molecular flexibility index (Phi) is 4.69. The van der Waals surface area contributed by atoms with E-state index < -0.39 is 5.97 Å². The number of methoxy groups -OCH3 is 1. The Balaban J connectivity index is 1.81. The van der Waals surface area contributed by atoms with Gasteiger partial charge in [0.15, 0.2) is 0 Å². The van der Waals surface area contributed by atoms with Crippen molar-refractivity contribution < 1.29 is 19.4 Å². The van der Waals surface area contributed by atoms with Crippen molar-refractivity contribution >= 4 is 22.6 Å². The first-order chi connectivity index (χ1) is 11.6. The second kappa shape index (κ2) is 6.91. The van der Waals surface area contributed by atoms with Crippen LogP contribution in [0.25, 0.3) is 10.8 Å². The summed E-state index contributed by atoms with van der Waals surface area (Å²) in [4.78, 5) is 25.6. The fourth-order valence-corrected chi connectivity index (χ4v) is 3.39. The van der Waals surface area contributed by atoms with Crippen LogP contribution in [0, 0.1) is 5.92 Å². The molecule has 0 aromatic heterocycles. The number of carboxylic acids is 1. The first kappa shape index (κ1) is 16.3. The van der Waals surface area contributed by atoms with Crippen LogP contribution in [-0.4, -0.2) is 42.1 Å². The van der Waals surface area contributed by atoms with Crippen LogP contribution >= 0.6 is 0 Å². The average molecular weight is 327 g/mol. The number of carbonyl (C=O) groups excluding carboxylic acids is 1. The molecular formula is C19H21NO4. The molecule has 0 radical (unpaired) electrons. The maximum atomic E-state index is 12.9. The average Bonchev–Trinajstić information content (AvgIpc) is 2.60. The zero-order valence-corrected chi connectivity index (χ0v) is 13.7. The van der Waals surface area contributed by atoms with Crippen molar-refractivity contribution in [2.75, 3.05) is 20.2 Å². The number of fused-ring (bicyclic) bond motifs is 1. The van der Waals surface area contributed by atoms with Crippen LogP contribution in [0.2, 0.25) is 0 Å². The SMILES string of the molecule is COc1ccc(C(=O)N2CCC(CC(=O)O)CC2)c2ccccc12. The number of ether oxygens (including phenoxy) is 1. The molecule has 1 N–H and O–H groups in total. The Morgan fingerprint density at radius 1 is 1.12 bits per heavy atom. The van der Waals surface area contributed by atoms with Gasteiger partial charge in [-0.1, -0.05) is 24.3 Å². The van der Waals surface area contributed by atoms with Crippen LogP contribution in [0.3, 0.4) is 0 Å². The van der Waals surface area contributed by atoms with E-state index in [4.69, 9.17) is 9.84 Å². The molecule has 1 heterocycles. The molecule has 0 spiro atoms. The van der Waals surface area contributed by atoms with E-state index in [2.05, 4.69) is 0 Å². The lowest BCUT2D eigenvalue weighted by molar-refractivity contribution is -0.138. The molecule has 24 heavy (non-hydrogen) atoms. The van der Waals surface area contributed by atoms with Gasteiger partial charge >= 0.3 is 5.97 Å². The molecule has 5 nitrogen and oxygen atoms in total. The number of benzene rings is 2. The number of amides is 1. The first-order valence-electron chi connectivity index (χ1n) is 8.17. The third-order valence-electron chi connectivity index (χ3n) is 4.70. The number of rotatable bonds is 4. The topological polar surface area (TPSA) is 66.8 Å². The molecule has 2 aromatic carbocycles. The van der Waals surface area contributed by atoms with E-state index >= 15 is 0 Å². The Bertz CT molecular complexity index is 763. The zero-order valence-electron chi connectivity index (χ0n) is 13.7. The molecule has 0 atom stereocenters. The van der Waals surface area contributed by atoms with Gasteiger partial charge in [-0.2, -0.15) is 0 Å². The Labute approximate surface area is 140 Å². The molecule has 3 rings (SSSR count). The fraction of sp³-hybridized carbons (Fsp3) is 0.368. The van der Waals surface area contributed by atoms with Gasteiger partial charge < -0.3 is 14.7 Å². The molecule has 0 bridgehead atoms. The van der Waals surface area contributed by atoms with Crippen molar-refractivity contribution in [3.63, 3.8) is 0 Å². The van der Waals surface area contributed by atoms with Crippen molar-refractivity contribution in [1.29, 1.82) is 0 Å². The second-order valence-corrected chi connectivity index (χ2v) is 6.19. The van der Waals surface area contributed by atoms with Crippen LogP contribution in [0.15, 0.2) is 36.4 Å². The molecule has 5 heteroatoms. The standard InChI is InChI=1S/C19H21NO4/c1-24-17-7-6-16(14-4-2-3-5-15(14)17)19(23)20-10-8-13(9-11-20)12-18(21)22/h2-7,13H,8-12H2,1H3,(H,21,22). The predicted octanol–water partition coefficient (Wildman–Crippen LogP) is 3.18. The molecular weight excluding hydrogens is 306 g/mol. The number of piperidine rings is 1. The molecule has 126 valence electrons. The number of nitrogens with zero attached hydrogens (tertiary/aromatic N) is 1. The Morgan fingerprint density at radius 2 is 1.79 bits per heavy atom. The number of carboxylic acid groups (broad SMARTS) is 1. The first-order valence-corrected chi connectivity index (χ1v) is 8.17. The van der Waals surface area contributed by atoms with E-state index in [-0.39, 0.29) is 18.2 Å². The van der Waals surface area contributed by atoms with Crippen LogP contribution in [0.1, 0.15) is 29.6 Å². The van der Waals surface area contributed by atoms with Crippen molar-refractivity contribution in [2.24, 2.45) is 5.92 Å². The summed E-state index contributed by atoms with van der Waals surface area (Å²) in [5.74, 6) is 0.157. The van der Waals surface area contributed by atoms with Gasteiger partial charge in [-0.3, -0.25) is 9.59 Å². The van der Waals surface area contributed by atoms with E-state index in [1.165, 1.54) is 0 Å². The van der Waals surface area contributed by atoms with E-state index in [1.807, 2.05) is 41.3 Å². The van der Waals surface area contributed by atoms with Gasteiger partial charge in [0.2, 0.25) is 0 Å². The van der Waals surface area contributed by atoms with Gasteiger partial charge in [0, 0.05) is 30.5 Å². The summed E-state index contributed by atoms with van der Waals surface area (Å²) in [5.41, 5.74) is 0.670. The molecule has 0 saturated carbocycles. The molecule has 1 aliphatic rings. The lowest BCUT2D eigenvalue weighted by atomic mass is 9.93. The summed E-state index contributed by atoms with van der Waals surface area (Å²) in [7, 11) is 1.62.